The largest absolute Gasteiger partial charge is 0.419 e. The first-order chi connectivity index (χ1) is 12.2. The zero-order valence-corrected chi connectivity index (χ0v) is 16.1. The summed E-state index contributed by atoms with van der Waals surface area (Å²) in [6, 6.07) is 8.48. The van der Waals surface area contributed by atoms with Crippen LogP contribution in [-0.4, -0.2) is 13.0 Å². The molecule has 1 aromatic heterocycles. The summed E-state index contributed by atoms with van der Waals surface area (Å²) in [5.74, 6) is -0.438. The maximum absolute atomic E-state index is 12.8. The van der Waals surface area contributed by atoms with Gasteiger partial charge in [0.2, 0.25) is 0 Å². The van der Waals surface area contributed by atoms with Crippen LogP contribution in [0, 0.1) is 20.8 Å². The monoisotopic (exact) mass is 374 g/mol. The quantitative estimate of drug-likeness (QED) is 0.738. The van der Waals surface area contributed by atoms with Crippen LogP contribution in [0.5, 0.6) is 0 Å². The zero-order chi connectivity index (χ0) is 19.1. The zero-order valence-electron chi connectivity index (χ0n) is 15.3. The van der Waals surface area contributed by atoms with Gasteiger partial charge in [0, 0.05) is 12.6 Å². The second-order valence-electron chi connectivity index (χ2n) is 6.51. The third-order valence-electron chi connectivity index (χ3n) is 4.42. The van der Waals surface area contributed by atoms with Gasteiger partial charge in [0.05, 0.1) is 16.1 Å². The first-order valence-corrected chi connectivity index (χ1v) is 9.95. The van der Waals surface area contributed by atoms with E-state index in [0.717, 1.165) is 17.5 Å². The molecule has 7 heteroatoms. The van der Waals surface area contributed by atoms with Crippen molar-refractivity contribution in [1.82, 2.24) is 4.57 Å². The molecule has 3 aromatic rings. The fraction of sp³-hybridized carbons (Fsp3) is 0.316. The van der Waals surface area contributed by atoms with Gasteiger partial charge >= 0.3 is 5.76 Å². The molecular weight excluding hydrogens is 352 g/mol. The number of anilines is 1. The number of benzene rings is 2. The van der Waals surface area contributed by atoms with Gasteiger partial charge in [-0.15, -0.1) is 0 Å². The molecule has 0 bridgehead atoms. The highest BCUT2D eigenvalue weighted by atomic mass is 32.2. The van der Waals surface area contributed by atoms with Crippen LogP contribution in [0.4, 0.5) is 5.69 Å². The minimum atomic E-state index is -3.75. The molecular formula is C19H22N2O4S. The summed E-state index contributed by atoms with van der Waals surface area (Å²) in [6.45, 7) is 8.07. The Hall–Kier alpha value is -2.54. The molecule has 1 heterocycles. The summed E-state index contributed by atoms with van der Waals surface area (Å²) >= 11 is 0. The molecule has 3 rings (SSSR count). The van der Waals surface area contributed by atoms with E-state index in [4.69, 9.17) is 4.42 Å². The van der Waals surface area contributed by atoms with Crippen molar-refractivity contribution >= 4 is 26.8 Å². The molecule has 138 valence electrons. The van der Waals surface area contributed by atoms with Gasteiger partial charge in [0.15, 0.2) is 5.58 Å². The van der Waals surface area contributed by atoms with Crippen LogP contribution in [0.25, 0.3) is 11.1 Å². The van der Waals surface area contributed by atoms with E-state index in [1.165, 1.54) is 0 Å². The summed E-state index contributed by atoms with van der Waals surface area (Å²) in [5, 5.41) is 0. The number of hydrogen-bond donors (Lipinski definition) is 1. The van der Waals surface area contributed by atoms with Crippen LogP contribution in [-0.2, 0) is 16.6 Å². The van der Waals surface area contributed by atoms with Gasteiger partial charge in [-0.25, -0.2) is 13.2 Å². The third-order valence-corrected chi connectivity index (χ3v) is 5.93. The first-order valence-electron chi connectivity index (χ1n) is 8.47. The summed E-state index contributed by atoms with van der Waals surface area (Å²) < 4.78 is 35.0. The number of fused-ring (bicyclic) bond motifs is 1. The normalized spacial score (nSPS) is 11.8. The Morgan fingerprint density at radius 2 is 1.85 bits per heavy atom. The fourth-order valence-electron chi connectivity index (χ4n) is 3.06. The summed E-state index contributed by atoms with van der Waals surface area (Å²) in [6.07, 6.45) is 0.801. The molecule has 0 spiro atoms. The van der Waals surface area contributed by atoms with Gasteiger partial charge in [0.25, 0.3) is 10.0 Å². The summed E-state index contributed by atoms with van der Waals surface area (Å²) in [7, 11) is -3.75. The number of oxazole rings is 1. The van der Waals surface area contributed by atoms with E-state index in [0.29, 0.717) is 28.9 Å². The number of aryl methyl sites for hydroxylation is 3. The van der Waals surface area contributed by atoms with E-state index in [-0.39, 0.29) is 4.90 Å². The lowest BCUT2D eigenvalue weighted by Gasteiger charge is -2.13. The average molecular weight is 374 g/mol. The molecule has 0 saturated heterocycles. The summed E-state index contributed by atoms with van der Waals surface area (Å²) in [4.78, 5) is 12.2. The van der Waals surface area contributed by atoms with Crippen LogP contribution < -0.4 is 10.5 Å². The van der Waals surface area contributed by atoms with Crippen molar-refractivity contribution in [2.45, 2.75) is 45.6 Å². The van der Waals surface area contributed by atoms with Gasteiger partial charge in [0.1, 0.15) is 0 Å². The summed E-state index contributed by atoms with van der Waals surface area (Å²) in [5.41, 5.74) is 3.89. The maximum atomic E-state index is 12.8. The highest BCUT2D eigenvalue weighted by molar-refractivity contribution is 7.92. The van der Waals surface area contributed by atoms with Crippen molar-refractivity contribution < 1.29 is 12.8 Å². The molecule has 0 unspecified atom stereocenters. The van der Waals surface area contributed by atoms with E-state index in [1.54, 1.807) is 35.8 Å². The fourth-order valence-corrected chi connectivity index (χ4v) is 4.51. The Morgan fingerprint density at radius 3 is 2.54 bits per heavy atom. The highest BCUT2D eigenvalue weighted by Gasteiger charge is 2.19. The van der Waals surface area contributed by atoms with Crippen molar-refractivity contribution in [3.8, 4) is 0 Å². The van der Waals surface area contributed by atoms with Crippen LogP contribution in [0.15, 0.2) is 44.4 Å². The van der Waals surface area contributed by atoms with E-state index in [9.17, 15) is 13.2 Å². The molecule has 0 atom stereocenters. The van der Waals surface area contributed by atoms with Gasteiger partial charge in [-0.2, -0.15) is 0 Å². The first kappa shape index (κ1) is 18.3. The minimum absolute atomic E-state index is 0.250. The molecule has 0 aliphatic carbocycles. The van der Waals surface area contributed by atoms with Crippen molar-refractivity contribution in [2.24, 2.45) is 0 Å². The van der Waals surface area contributed by atoms with Crippen LogP contribution in [0.3, 0.4) is 0 Å². The molecule has 0 amide bonds. The Kier molecular flexibility index (Phi) is 4.66. The van der Waals surface area contributed by atoms with Gasteiger partial charge in [-0.05, 0) is 62.1 Å². The van der Waals surface area contributed by atoms with Crippen LogP contribution in [0.2, 0.25) is 0 Å². The standard InChI is InChI=1S/C19H22N2O4S/c1-5-8-21-16-7-6-15(11-17(16)25-19(21)22)20-26(23,24)18-10-12(2)9-13(3)14(18)4/h6-7,9-11,20H,5,8H2,1-4H3. The second-order valence-corrected chi connectivity index (χ2v) is 8.16. The number of sulfonamides is 1. The number of hydrogen-bond acceptors (Lipinski definition) is 4. The smallest absolute Gasteiger partial charge is 0.408 e. The van der Waals surface area contributed by atoms with Gasteiger partial charge < -0.3 is 4.42 Å². The maximum Gasteiger partial charge on any atom is 0.419 e. The number of nitrogens with zero attached hydrogens (tertiary/aromatic N) is 1. The van der Waals surface area contributed by atoms with Crippen molar-refractivity contribution in [3.63, 3.8) is 0 Å². The average Bonchev–Trinajstić information content (AvgIpc) is 2.86. The lowest BCUT2D eigenvalue weighted by Crippen LogP contribution is -2.15. The SMILES string of the molecule is CCCn1c(=O)oc2cc(NS(=O)(=O)c3cc(C)cc(C)c3C)ccc21. The van der Waals surface area contributed by atoms with Crippen molar-refractivity contribution in [3.05, 3.63) is 57.6 Å². The Morgan fingerprint density at radius 1 is 1.12 bits per heavy atom. The molecule has 6 nitrogen and oxygen atoms in total. The Balaban J connectivity index is 2.02. The number of nitrogens with one attached hydrogen (secondary N) is 1. The van der Waals surface area contributed by atoms with Gasteiger partial charge in [-0.3, -0.25) is 9.29 Å². The molecule has 0 aliphatic heterocycles. The predicted molar refractivity (Wildman–Crippen MR) is 102 cm³/mol. The van der Waals surface area contributed by atoms with E-state index < -0.39 is 15.8 Å². The molecule has 1 N–H and O–H groups in total. The molecule has 0 fully saturated rings. The Bertz CT molecular complexity index is 1140. The number of rotatable bonds is 5. The van der Waals surface area contributed by atoms with E-state index >= 15 is 0 Å². The lowest BCUT2D eigenvalue weighted by atomic mass is 10.1. The molecule has 2 aromatic carbocycles. The topological polar surface area (TPSA) is 81.3 Å². The molecule has 0 aliphatic rings. The van der Waals surface area contributed by atoms with Crippen LogP contribution >= 0.6 is 0 Å². The predicted octanol–water partition coefficient (Wildman–Crippen LogP) is 3.73. The molecule has 0 radical (unpaired) electrons. The number of aromatic nitrogens is 1. The van der Waals surface area contributed by atoms with Crippen LogP contribution in [0.1, 0.15) is 30.0 Å². The Labute approximate surface area is 152 Å². The van der Waals surface area contributed by atoms with E-state index in [1.807, 2.05) is 26.8 Å². The lowest BCUT2D eigenvalue weighted by molar-refractivity contribution is 0.502. The van der Waals surface area contributed by atoms with Gasteiger partial charge in [-0.1, -0.05) is 13.0 Å². The second kappa shape index (κ2) is 6.64. The molecule has 0 saturated carbocycles. The van der Waals surface area contributed by atoms with Crippen molar-refractivity contribution in [2.75, 3.05) is 4.72 Å². The third kappa shape index (κ3) is 3.26. The van der Waals surface area contributed by atoms with Crippen molar-refractivity contribution in [1.29, 1.82) is 0 Å². The van der Waals surface area contributed by atoms with E-state index in [2.05, 4.69) is 4.72 Å². The molecule has 26 heavy (non-hydrogen) atoms. The minimum Gasteiger partial charge on any atom is -0.408 e. The highest BCUT2D eigenvalue weighted by Crippen LogP contribution is 2.25.